The van der Waals surface area contributed by atoms with E-state index >= 15 is 0 Å². The minimum Gasteiger partial charge on any atom is -0.448 e. The van der Waals surface area contributed by atoms with Gasteiger partial charge in [0.15, 0.2) is 6.10 Å². The quantitative estimate of drug-likeness (QED) is 0.820. The van der Waals surface area contributed by atoms with E-state index in [4.69, 9.17) is 4.74 Å². The second-order valence-corrected chi connectivity index (χ2v) is 6.94. The average molecular weight is 309 g/mol. The van der Waals surface area contributed by atoms with Gasteiger partial charge in [0.2, 0.25) is 0 Å². The van der Waals surface area contributed by atoms with Crippen LogP contribution in [0.5, 0.6) is 0 Å². The fraction of sp³-hybridized carbons (Fsp3) is 0.625. The van der Waals surface area contributed by atoms with Crippen molar-refractivity contribution in [1.82, 2.24) is 5.32 Å². The number of ether oxygens (including phenoxy) is 1. The van der Waals surface area contributed by atoms with Crippen molar-refractivity contribution in [2.24, 2.45) is 5.92 Å². The number of hydrogen-bond donors (Lipinski definition) is 1. The number of thiophene rings is 1. The largest absolute Gasteiger partial charge is 0.448 e. The molecule has 0 aromatic carbocycles. The van der Waals surface area contributed by atoms with Gasteiger partial charge in [-0.05, 0) is 36.6 Å². The van der Waals surface area contributed by atoms with E-state index in [1.165, 1.54) is 11.3 Å². The van der Waals surface area contributed by atoms with Crippen molar-refractivity contribution in [3.05, 3.63) is 22.4 Å². The second kappa shape index (κ2) is 7.59. The maximum Gasteiger partial charge on any atom is 0.349 e. The van der Waals surface area contributed by atoms with Crippen LogP contribution in [0.4, 0.5) is 0 Å². The van der Waals surface area contributed by atoms with Crippen LogP contribution in [0.1, 0.15) is 55.6 Å². The first-order valence-corrected chi connectivity index (χ1v) is 8.49. The Bertz CT molecular complexity index is 464. The van der Waals surface area contributed by atoms with Crippen molar-refractivity contribution in [2.45, 2.75) is 58.1 Å². The molecule has 0 saturated heterocycles. The zero-order valence-electron chi connectivity index (χ0n) is 12.6. The first-order chi connectivity index (χ1) is 10.1. The molecule has 2 rings (SSSR count). The third kappa shape index (κ3) is 4.84. The molecule has 1 aliphatic rings. The molecule has 1 N–H and O–H groups in total. The topological polar surface area (TPSA) is 55.4 Å². The fourth-order valence-electron chi connectivity index (χ4n) is 2.58. The highest BCUT2D eigenvalue weighted by atomic mass is 32.1. The highest BCUT2D eigenvalue weighted by Gasteiger charge is 2.27. The summed E-state index contributed by atoms with van der Waals surface area (Å²) < 4.78 is 5.44. The lowest BCUT2D eigenvalue weighted by Gasteiger charge is -2.21. The molecule has 1 saturated carbocycles. The Hall–Kier alpha value is -1.36. The van der Waals surface area contributed by atoms with Crippen molar-refractivity contribution >= 4 is 23.2 Å². The minimum atomic E-state index is -0.694. The van der Waals surface area contributed by atoms with Gasteiger partial charge in [-0.2, -0.15) is 0 Å². The van der Waals surface area contributed by atoms with E-state index in [1.54, 1.807) is 12.1 Å². The summed E-state index contributed by atoms with van der Waals surface area (Å²) in [5, 5.41) is 4.85. The lowest BCUT2D eigenvalue weighted by Crippen LogP contribution is -2.42. The monoisotopic (exact) mass is 309 g/mol. The van der Waals surface area contributed by atoms with Crippen molar-refractivity contribution in [1.29, 1.82) is 0 Å². The van der Waals surface area contributed by atoms with Crippen LogP contribution < -0.4 is 5.32 Å². The van der Waals surface area contributed by atoms with E-state index in [2.05, 4.69) is 5.32 Å². The molecule has 1 fully saturated rings. The molecule has 0 aliphatic heterocycles. The number of amides is 1. The molecule has 1 aliphatic carbocycles. The summed E-state index contributed by atoms with van der Waals surface area (Å²) in [6.45, 7) is 4.05. The van der Waals surface area contributed by atoms with Crippen LogP contribution in [0, 0.1) is 5.92 Å². The van der Waals surface area contributed by atoms with Gasteiger partial charge in [0.1, 0.15) is 4.88 Å². The summed E-state index contributed by atoms with van der Waals surface area (Å²) in [6.07, 6.45) is 4.23. The number of rotatable bonds is 6. The number of hydrogen-bond acceptors (Lipinski definition) is 4. The van der Waals surface area contributed by atoms with Crippen molar-refractivity contribution in [2.75, 3.05) is 0 Å². The number of nitrogens with one attached hydrogen (secondary N) is 1. The van der Waals surface area contributed by atoms with E-state index in [-0.39, 0.29) is 11.9 Å². The molecule has 0 spiro atoms. The molecule has 4 nitrogen and oxygen atoms in total. The van der Waals surface area contributed by atoms with Gasteiger partial charge >= 0.3 is 5.97 Å². The first kappa shape index (κ1) is 16.0. The highest BCUT2D eigenvalue weighted by Crippen LogP contribution is 2.19. The molecule has 0 bridgehead atoms. The van der Waals surface area contributed by atoms with Gasteiger partial charge < -0.3 is 10.1 Å². The molecule has 1 unspecified atom stereocenters. The molecule has 0 radical (unpaired) electrons. The Morgan fingerprint density at radius 2 is 2.10 bits per heavy atom. The Morgan fingerprint density at radius 3 is 2.67 bits per heavy atom. The Kier molecular flexibility index (Phi) is 5.79. The van der Waals surface area contributed by atoms with Crippen LogP contribution >= 0.6 is 11.3 Å². The van der Waals surface area contributed by atoms with E-state index in [1.807, 2.05) is 19.2 Å². The molecular weight excluding hydrogens is 286 g/mol. The molecule has 1 aromatic heterocycles. The van der Waals surface area contributed by atoms with Crippen LogP contribution in [-0.2, 0) is 9.53 Å². The lowest BCUT2D eigenvalue weighted by molar-refractivity contribution is -0.131. The van der Waals surface area contributed by atoms with E-state index < -0.39 is 12.1 Å². The van der Waals surface area contributed by atoms with Gasteiger partial charge in [-0.3, -0.25) is 4.79 Å². The summed E-state index contributed by atoms with van der Waals surface area (Å²) in [5.41, 5.74) is 0. The van der Waals surface area contributed by atoms with Gasteiger partial charge in [-0.15, -0.1) is 11.3 Å². The molecule has 5 heteroatoms. The van der Waals surface area contributed by atoms with Crippen molar-refractivity contribution in [3.8, 4) is 0 Å². The van der Waals surface area contributed by atoms with Crippen LogP contribution in [-0.4, -0.2) is 24.0 Å². The Balaban J connectivity index is 1.95. The standard InChI is InChI=1S/C16H23NO3S/c1-11(2)10-13(15(18)17-12-6-3-4-7-12)20-16(19)14-8-5-9-21-14/h5,8-9,11-13H,3-4,6-7,10H2,1-2H3,(H,17,18). The summed E-state index contributed by atoms with van der Waals surface area (Å²) in [7, 11) is 0. The summed E-state index contributed by atoms with van der Waals surface area (Å²) in [6, 6.07) is 3.76. The van der Waals surface area contributed by atoms with Crippen LogP contribution in [0.25, 0.3) is 0 Å². The third-order valence-corrected chi connectivity index (χ3v) is 4.50. The SMILES string of the molecule is CC(C)CC(OC(=O)c1cccs1)C(=O)NC1CCCC1. The summed E-state index contributed by atoms with van der Waals surface area (Å²) in [4.78, 5) is 24.9. The zero-order valence-corrected chi connectivity index (χ0v) is 13.4. The van der Waals surface area contributed by atoms with Gasteiger partial charge in [0.25, 0.3) is 5.91 Å². The summed E-state index contributed by atoms with van der Waals surface area (Å²) >= 11 is 1.33. The van der Waals surface area contributed by atoms with Crippen molar-refractivity contribution < 1.29 is 14.3 Å². The lowest BCUT2D eigenvalue weighted by atomic mass is 10.0. The van der Waals surface area contributed by atoms with E-state index in [0.717, 1.165) is 25.7 Å². The van der Waals surface area contributed by atoms with E-state index in [0.29, 0.717) is 17.2 Å². The second-order valence-electron chi connectivity index (χ2n) is 5.99. The molecular formula is C16H23NO3S. The average Bonchev–Trinajstić information content (AvgIpc) is 3.10. The predicted molar refractivity (Wildman–Crippen MR) is 83.4 cm³/mol. The molecule has 1 amide bonds. The number of carbonyl (C=O) groups is 2. The maximum atomic E-state index is 12.4. The van der Waals surface area contributed by atoms with E-state index in [9.17, 15) is 9.59 Å². The Morgan fingerprint density at radius 1 is 1.38 bits per heavy atom. The van der Waals surface area contributed by atoms with Crippen LogP contribution in [0.15, 0.2) is 17.5 Å². The van der Waals surface area contributed by atoms with Gasteiger partial charge in [0.05, 0.1) is 0 Å². The zero-order chi connectivity index (χ0) is 15.2. The first-order valence-electron chi connectivity index (χ1n) is 7.61. The molecule has 1 aromatic rings. The van der Waals surface area contributed by atoms with Gasteiger partial charge in [-0.25, -0.2) is 4.79 Å². The normalized spacial score (nSPS) is 16.9. The van der Waals surface area contributed by atoms with Gasteiger partial charge in [-0.1, -0.05) is 32.8 Å². The summed E-state index contributed by atoms with van der Waals surface area (Å²) in [5.74, 6) is -0.266. The smallest absolute Gasteiger partial charge is 0.349 e. The number of esters is 1. The highest BCUT2D eigenvalue weighted by molar-refractivity contribution is 7.11. The fourth-order valence-corrected chi connectivity index (χ4v) is 3.19. The number of carbonyl (C=O) groups excluding carboxylic acids is 2. The van der Waals surface area contributed by atoms with Crippen LogP contribution in [0.2, 0.25) is 0 Å². The molecule has 116 valence electrons. The third-order valence-electron chi connectivity index (χ3n) is 3.65. The van der Waals surface area contributed by atoms with Crippen molar-refractivity contribution in [3.63, 3.8) is 0 Å². The predicted octanol–water partition coefficient (Wildman–Crippen LogP) is 3.38. The minimum absolute atomic E-state index is 0.152. The van der Waals surface area contributed by atoms with Crippen LogP contribution in [0.3, 0.4) is 0 Å². The molecule has 1 heterocycles. The molecule has 21 heavy (non-hydrogen) atoms. The maximum absolute atomic E-state index is 12.4. The van der Waals surface area contributed by atoms with Gasteiger partial charge in [0, 0.05) is 6.04 Å². The molecule has 1 atom stereocenters. The Labute approximate surface area is 129 Å².